The number of aliphatic hydroxyl groups is 1. The number of hydrogen-bond acceptors (Lipinski definition) is 3. The lowest BCUT2D eigenvalue weighted by molar-refractivity contribution is -0.118. The van der Waals surface area contributed by atoms with Crippen LogP contribution in [-0.2, 0) is 42.5 Å². The van der Waals surface area contributed by atoms with Gasteiger partial charge in [0, 0.05) is 5.56 Å². The molecular formula is C26H30N2O3. The van der Waals surface area contributed by atoms with Gasteiger partial charge < -0.3 is 10.4 Å². The molecule has 2 aliphatic rings. The van der Waals surface area contributed by atoms with E-state index in [1.54, 1.807) is 32.0 Å². The number of hydrogen-bond donors (Lipinski definition) is 2. The Morgan fingerprint density at radius 3 is 2.29 bits per heavy atom. The molecule has 162 valence electrons. The predicted octanol–water partition coefficient (Wildman–Crippen LogP) is 3.73. The maximum absolute atomic E-state index is 12.6. The van der Waals surface area contributed by atoms with Crippen molar-refractivity contribution in [3.8, 4) is 0 Å². The van der Waals surface area contributed by atoms with Gasteiger partial charge in [-0.1, -0.05) is 18.2 Å². The second-order valence-corrected chi connectivity index (χ2v) is 9.23. The number of carbonyl (C=O) groups excluding carboxylic acids is 2. The first-order valence-corrected chi connectivity index (χ1v) is 11.1. The van der Waals surface area contributed by atoms with Crippen molar-refractivity contribution in [2.24, 2.45) is 4.99 Å². The molecule has 2 aromatic carbocycles. The van der Waals surface area contributed by atoms with Crippen LogP contribution in [0.25, 0.3) is 0 Å². The van der Waals surface area contributed by atoms with Crippen molar-refractivity contribution in [1.29, 1.82) is 0 Å². The number of rotatable bonds is 5. The number of carbonyl (C=O) groups is 2. The first kappa shape index (κ1) is 21.4. The minimum absolute atomic E-state index is 0.139. The molecule has 0 saturated heterocycles. The monoisotopic (exact) mass is 418 g/mol. The van der Waals surface area contributed by atoms with Crippen molar-refractivity contribution >= 4 is 18.2 Å². The number of benzene rings is 2. The molecule has 0 aliphatic heterocycles. The van der Waals surface area contributed by atoms with E-state index in [4.69, 9.17) is 0 Å². The summed E-state index contributed by atoms with van der Waals surface area (Å²) in [6.45, 7) is 5.22. The molecule has 0 heterocycles. The van der Waals surface area contributed by atoms with Gasteiger partial charge in [-0.15, -0.1) is 0 Å². The lowest BCUT2D eigenvalue weighted by Crippen LogP contribution is -2.25. The zero-order valence-corrected chi connectivity index (χ0v) is 18.5. The average Bonchev–Trinajstić information content (AvgIpc) is 3.36. The number of aliphatic imine (C=N–C) groups is 1. The Morgan fingerprint density at radius 2 is 1.71 bits per heavy atom. The fourth-order valence-corrected chi connectivity index (χ4v) is 4.88. The molecule has 0 radical (unpaired) electrons. The van der Waals surface area contributed by atoms with E-state index in [1.807, 2.05) is 6.92 Å². The van der Waals surface area contributed by atoms with Crippen LogP contribution >= 0.6 is 0 Å². The fourth-order valence-electron chi connectivity index (χ4n) is 4.88. The summed E-state index contributed by atoms with van der Waals surface area (Å²) >= 11 is 0. The van der Waals surface area contributed by atoms with Gasteiger partial charge in [-0.25, -0.2) is 0 Å². The standard InChI is InChI=1S/C26H30N2O3/c1-16-12-19(26(2,3)31)10-11-20(16)25(30)28-15-27-24(29)14-23-21-8-4-6-17(21)13-18-7-5-9-22(18)23/h10-13,15,31H,4-9,14H2,1-3H3,(H,27,28,29,30). The van der Waals surface area contributed by atoms with Crippen molar-refractivity contribution in [3.05, 3.63) is 68.8 Å². The van der Waals surface area contributed by atoms with Crippen molar-refractivity contribution in [2.75, 3.05) is 0 Å². The molecule has 31 heavy (non-hydrogen) atoms. The van der Waals surface area contributed by atoms with E-state index in [-0.39, 0.29) is 5.91 Å². The molecule has 5 nitrogen and oxygen atoms in total. The predicted molar refractivity (Wildman–Crippen MR) is 122 cm³/mol. The molecule has 2 aromatic rings. The summed E-state index contributed by atoms with van der Waals surface area (Å²) in [5.41, 5.74) is 7.73. The molecule has 0 saturated carbocycles. The summed E-state index contributed by atoms with van der Waals surface area (Å²) in [5.74, 6) is -0.554. The number of amides is 2. The van der Waals surface area contributed by atoms with Gasteiger partial charge in [0.05, 0.1) is 18.4 Å². The molecule has 0 spiro atoms. The Labute approximate surface area is 183 Å². The summed E-state index contributed by atoms with van der Waals surface area (Å²) in [6.07, 6.45) is 8.19. The van der Waals surface area contributed by atoms with Gasteiger partial charge in [-0.05, 0) is 104 Å². The molecule has 4 rings (SSSR count). The third-order valence-electron chi connectivity index (χ3n) is 6.51. The van der Waals surface area contributed by atoms with Crippen LogP contribution in [0.1, 0.15) is 76.0 Å². The number of nitrogens with zero attached hydrogens (tertiary/aromatic N) is 1. The minimum Gasteiger partial charge on any atom is -0.386 e. The van der Waals surface area contributed by atoms with E-state index in [9.17, 15) is 14.7 Å². The summed E-state index contributed by atoms with van der Waals surface area (Å²) in [7, 11) is 0. The molecule has 0 unspecified atom stereocenters. The zero-order chi connectivity index (χ0) is 22.2. The molecule has 2 amide bonds. The van der Waals surface area contributed by atoms with Gasteiger partial charge in [0.15, 0.2) is 0 Å². The molecule has 0 bridgehead atoms. The molecule has 0 fully saturated rings. The van der Waals surface area contributed by atoms with E-state index in [0.717, 1.165) is 49.7 Å². The Morgan fingerprint density at radius 1 is 1.06 bits per heavy atom. The van der Waals surface area contributed by atoms with E-state index < -0.39 is 11.5 Å². The first-order valence-electron chi connectivity index (χ1n) is 11.1. The maximum atomic E-state index is 12.6. The average molecular weight is 419 g/mol. The maximum Gasteiger partial charge on any atom is 0.278 e. The lowest BCUT2D eigenvalue weighted by atomic mass is 9.92. The van der Waals surface area contributed by atoms with Crippen molar-refractivity contribution < 1.29 is 14.7 Å². The summed E-state index contributed by atoms with van der Waals surface area (Å²) < 4.78 is 0. The third kappa shape index (κ3) is 4.47. The summed E-state index contributed by atoms with van der Waals surface area (Å²) in [4.78, 5) is 29.0. The SMILES string of the molecule is Cc1cc(C(C)(C)O)ccc1C(=O)N=CNC(=O)Cc1c2c(cc3c1CCC3)CCC2. The minimum atomic E-state index is -0.971. The topological polar surface area (TPSA) is 78.8 Å². The van der Waals surface area contributed by atoms with Gasteiger partial charge in [-0.2, -0.15) is 4.99 Å². The Hall–Kier alpha value is -2.79. The lowest BCUT2D eigenvalue weighted by Gasteiger charge is -2.18. The molecule has 0 aromatic heterocycles. The smallest absolute Gasteiger partial charge is 0.278 e. The number of nitrogens with one attached hydrogen (secondary N) is 1. The second-order valence-electron chi connectivity index (χ2n) is 9.23. The van der Waals surface area contributed by atoms with Crippen LogP contribution < -0.4 is 5.32 Å². The van der Waals surface area contributed by atoms with E-state index in [0.29, 0.717) is 12.0 Å². The highest BCUT2D eigenvalue weighted by atomic mass is 16.3. The Bertz CT molecular complexity index is 1040. The van der Waals surface area contributed by atoms with Crippen LogP contribution in [0, 0.1) is 6.92 Å². The quantitative estimate of drug-likeness (QED) is 0.574. The number of aryl methyl sites for hydroxylation is 3. The third-order valence-corrected chi connectivity index (χ3v) is 6.51. The first-order chi connectivity index (χ1) is 14.7. The van der Waals surface area contributed by atoms with Gasteiger partial charge >= 0.3 is 0 Å². The molecular weight excluding hydrogens is 388 g/mol. The van der Waals surface area contributed by atoms with Gasteiger partial charge in [0.2, 0.25) is 5.91 Å². The Balaban J connectivity index is 1.43. The van der Waals surface area contributed by atoms with E-state index in [1.165, 1.54) is 34.2 Å². The number of fused-ring (bicyclic) bond motifs is 2. The zero-order valence-electron chi connectivity index (χ0n) is 18.5. The molecule has 0 atom stereocenters. The normalized spacial score (nSPS) is 15.2. The van der Waals surface area contributed by atoms with Crippen LogP contribution in [-0.4, -0.2) is 23.3 Å². The van der Waals surface area contributed by atoms with Crippen LogP contribution in [0.3, 0.4) is 0 Å². The fraction of sp³-hybridized carbons (Fsp3) is 0.423. The van der Waals surface area contributed by atoms with Crippen LogP contribution in [0.2, 0.25) is 0 Å². The van der Waals surface area contributed by atoms with Gasteiger partial charge in [0.1, 0.15) is 0 Å². The summed E-state index contributed by atoms with van der Waals surface area (Å²) in [5, 5.41) is 12.8. The largest absolute Gasteiger partial charge is 0.386 e. The van der Waals surface area contributed by atoms with E-state index in [2.05, 4.69) is 16.4 Å². The second kappa shape index (κ2) is 8.39. The van der Waals surface area contributed by atoms with Crippen LogP contribution in [0.4, 0.5) is 0 Å². The van der Waals surface area contributed by atoms with Crippen molar-refractivity contribution in [2.45, 2.75) is 71.3 Å². The molecule has 2 N–H and O–H groups in total. The van der Waals surface area contributed by atoms with Crippen LogP contribution in [0.15, 0.2) is 29.3 Å². The highest BCUT2D eigenvalue weighted by Gasteiger charge is 2.25. The van der Waals surface area contributed by atoms with Gasteiger partial charge in [0.25, 0.3) is 5.91 Å². The Kier molecular flexibility index (Phi) is 5.80. The highest BCUT2D eigenvalue weighted by Crippen LogP contribution is 2.35. The van der Waals surface area contributed by atoms with Crippen molar-refractivity contribution in [1.82, 2.24) is 5.32 Å². The van der Waals surface area contributed by atoms with Crippen molar-refractivity contribution in [3.63, 3.8) is 0 Å². The van der Waals surface area contributed by atoms with Crippen LogP contribution in [0.5, 0.6) is 0 Å². The highest BCUT2D eigenvalue weighted by molar-refractivity contribution is 6.02. The molecule has 2 aliphatic carbocycles. The van der Waals surface area contributed by atoms with E-state index >= 15 is 0 Å². The summed E-state index contributed by atoms with van der Waals surface area (Å²) in [6, 6.07) is 7.54. The van der Waals surface area contributed by atoms with Gasteiger partial charge in [-0.3, -0.25) is 9.59 Å². The molecule has 5 heteroatoms.